The van der Waals surface area contributed by atoms with Crippen LogP contribution >= 0.6 is 12.2 Å². The highest BCUT2D eigenvalue weighted by Gasteiger charge is 2.12. The number of nitrogens with one attached hydrogen (secondary N) is 1. The zero-order valence-corrected chi connectivity index (χ0v) is 14.7. The van der Waals surface area contributed by atoms with Crippen LogP contribution in [0.1, 0.15) is 5.56 Å². The maximum Gasteiger partial charge on any atom is 0.216 e. The largest absolute Gasteiger partial charge is 0.493 e. The van der Waals surface area contributed by atoms with Gasteiger partial charge in [-0.25, -0.2) is 13.9 Å². The van der Waals surface area contributed by atoms with Gasteiger partial charge in [-0.05, 0) is 48.1 Å². The van der Waals surface area contributed by atoms with Crippen molar-refractivity contribution in [2.24, 2.45) is 5.10 Å². The van der Waals surface area contributed by atoms with E-state index >= 15 is 0 Å². The Kier molecular flexibility index (Phi) is 5.08. The third-order valence-corrected chi connectivity index (χ3v) is 3.82. The predicted molar refractivity (Wildman–Crippen MR) is 95.3 cm³/mol. The monoisotopic (exact) mass is 376 g/mol. The van der Waals surface area contributed by atoms with Crippen molar-refractivity contribution in [3.63, 3.8) is 0 Å². The third-order valence-electron chi connectivity index (χ3n) is 3.56. The molecule has 0 fully saturated rings. The van der Waals surface area contributed by atoms with E-state index in [1.165, 1.54) is 24.1 Å². The van der Waals surface area contributed by atoms with E-state index in [9.17, 15) is 8.78 Å². The molecule has 0 aliphatic heterocycles. The summed E-state index contributed by atoms with van der Waals surface area (Å²) in [6, 6.07) is 8.71. The molecule has 0 radical (unpaired) electrons. The van der Waals surface area contributed by atoms with Crippen LogP contribution in [0.4, 0.5) is 8.78 Å². The van der Waals surface area contributed by atoms with E-state index in [0.717, 1.165) is 12.1 Å². The number of aromatic amines is 1. The van der Waals surface area contributed by atoms with Crippen LogP contribution in [0.2, 0.25) is 0 Å². The van der Waals surface area contributed by atoms with Gasteiger partial charge in [0.05, 0.1) is 20.4 Å². The van der Waals surface area contributed by atoms with E-state index in [-0.39, 0.29) is 4.77 Å². The third kappa shape index (κ3) is 3.47. The van der Waals surface area contributed by atoms with Crippen LogP contribution in [0, 0.1) is 16.4 Å². The summed E-state index contributed by atoms with van der Waals surface area (Å²) in [6.07, 6.45) is 1.36. The fourth-order valence-electron chi connectivity index (χ4n) is 2.28. The summed E-state index contributed by atoms with van der Waals surface area (Å²) in [7, 11) is 3.07. The molecule has 134 valence electrons. The topological polar surface area (TPSA) is 64.4 Å². The second-order valence-corrected chi connectivity index (χ2v) is 5.54. The lowest BCUT2D eigenvalue weighted by Crippen LogP contribution is -1.97. The minimum atomic E-state index is -0.954. The number of aromatic nitrogens is 3. The number of nitrogens with zero attached hydrogens (tertiary/aromatic N) is 3. The average molecular weight is 376 g/mol. The Morgan fingerprint density at radius 1 is 1.08 bits per heavy atom. The molecule has 0 aliphatic carbocycles. The van der Waals surface area contributed by atoms with Gasteiger partial charge in [-0.2, -0.15) is 14.9 Å². The molecule has 3 aromatic rings. The normalized spacial score (nSPS) is 11.1. The summed E-state index contributed by atoms with van der Waals surface area (Å²) in [4.78, 5) is 0. The van der Waals surface area contributed by atoms with Gasteiger partial charge < -0.3 is 9.47 Å². The SMILES string of the molecule is COc1ccc(-c2n[nH]c(=S)n2/N=C\c2ccc(F)c(F)c2)cc1OC. The Bertz CT molecular complexity index is 1030. The standard InChI is InChI=1S/C17H14F2N4O2S/c1-24-14-6-4-11(8-15(14)25-2)16-21-22-17(26)23(16)20-9-10-3-5-12(18)13(19)7-10/h3-9H,1-2H3,(H,22,26)/b20-9-. The molecule has 1 N–H and O–H groups in total. The van der Waals surface area contributed by atoms with Crippen molar-refractivity contribution in [2.45, 2.75) is 0 Å². The molecule has 0 saturated carbocycles. The van der Waals surface area contributed by atoms with Crippen molar-refractivity contribution in [1.29, 1.82) is 0 Å². The molecule has 2 aromatic carbocycles. The molecule has 0 aliphatic rings. The number of halogens is 2. The minimum absolute atomic E-state index is 0.244. The van der Waals surface area contributed by atoms with Crippen LogP contribution in [0.25, 0.3) is 11.4 Å². The summed E-state index contributed by atoms with van der Waals surface area (Å²) < 4.78 is 38.4. The highest BCUT2D eigenvalue weighted by Crippen LogP contribution is 2.31. The Labute approximate surface area is 152 Å². The maximum absolute atomic E-state index is 13.3. The molecule has 0 atom stereocenters. The van der Waals surface area contributed by atoms with Gasteiger partial charge in [-0.3, -0.25) is 0 Å². The molecule has 9 heteroatoms. The Morgan fingerprint density at radius 3 is 2.54 bits per heavy atom. The first kappa shape index (κ1) is 17.7. The molecule has 0 bridgehead atoms. The van der Waals surface area contributed by atoms with Crippen LogP contribution in [0.5, 0.6) is 11.5 Å². The summed E-state index contributed by atoms with van der Waals surface area (Å²) in [5.74, 6) is -0.356. The van der Waals surface area contributed by atoms with Crippen LogP contribution in [0.15, 0.2) is 41.5 Å². The molecular weight excluding hydrogens is 362 g/mol. The molecule has 0 amide bonds. The fraction of sp³-hybridized carbons (Fsp3) is 0.118. The lowest BCUT2D eigenvalue weighted by molar-refractivity contribution is 0.355. The second kappa shape index (κ2) is 7.44. The highest BCUT2D eigenvalue weighted by molar-refractivity contribution is 7.71. The molecule has 1 aromatic heterocycles. The lowest BCUT2D eigenvalue weighted by atomic mass is 10.2. The minimum Gasteiger partial charge on any atom is -0.493 e. The summed E-state index contributed by atoms with van der Waals surface area (Å²) in [5.41, 5.74) is 1.06. The van der Waals surface area contributed by atoms with Crippen molar-refractivity contribution in [2.75, 3.05) is 14.2 Å². The molecule has 3 rings (SSSR count). The number of methoxy groups -OCH3 is 2. The van der Waals surface area contributed by atoms with Crippen molar-refractivity contribution >= 4 is 18.4 Å². The van der Waals surface area contributed by atoms with E-state index < -0.39 is 11.6 Å². The fourth-order valence-corrected chi connectivity index (χ4v) is 2.46. The van der Waals surface area contributed by atoms with Crippen molar-refractivity contribution < 1.29 is 18.3 Å². The van der Waals surface area contributed by atoms with Crippen LogP contribution in [0.3, 0.4) is 0 Å². The molecule has 1 heterocycles. The van der Waals surface area contributed by atoms with E-state index in [1.807, 2.05) is 0 Å². The molecule has 6 nitrogen and oxygen atoms in total. The number of hydrogen-bond donors (Lipinski definition) is 1. The first-order valence-electron chi connectivity index (χ1n) is 7.42. The smallest absolute Gasteiger partial charge is 0.216 e. The Morgan fingerprint density at radius 2 is 1.85 bits per heavy atom. The first-order valence-corrected chi connectivity index (χ1v) is 7.83. The van der Waals surface area contributed by atoms with E-state index in [0.29, 0.717) is 28.5 Å². The van der Waals surface area contributed by atoms with Gasteiger partial charge in [0.1, 0.15) is 0 Å². The average Bonchev–Trinajstić information content (AvgIpc) is 3.02. The van der Waals surface area contributed by atoms with Gasteiger partial charge in [0, 0.05) is 5.56 Å². The van der Waals surface area contributed by atoms with Gasteiger partial charge in [0.2, 0.25) is 4.77 Å². The number of H-pyrrole nitrogens is 1. The van der Waals surface area contributed by atoms with Gasteiger partial charge in [-0.1, -0.05) is 6.07 Å². The number of ether oxygens (including phenoxy) is 2. The number of benzene rings is 2. The summed E-state index contributed by atoms with van der Waals surface area (Å²) in [6.45, 7) is 0. The predicted octanol–water partition coefficient (Wildman–Crippen LogP) is 3.79. The Balaban J connectivity index is 2.00. The van der Waals surface area contributed by atoms with Crippen LogP contribution < -0.4 is 9.47 Å². The van der Waals surface area contributed by atoms with Gasteiger partial charge in [-0.15, -0.1) is 0 Å². The molecule has 0 unspecified atom stereocenters. The van der Waals surface area contributed by atoms with E-state index in [4.69, 9.17) is 21.7 Å². The van der Waals surface area contributed by atoms with Gasteiger partial charge >= 0.3 is 0 Å². The summed E-state index contributed by atoms with van der Waals surface area (Å²) >= 11 is 5.19. The Hall–Kier alpha value is -3.07. The van der Waals surface area contributed by atoms with E-state index in [1.54, 1.807) is 25.3 Å². The second-order valence-electron chi connectivity index (χ2n) is 5.15. The molecule has 0 saturated heterocycles. The molecule has 26 heavy (non-hydrogen) atoms. The van der Waals surface area contributed by atoms with Crippen LogP contribution in [-0.2, 0) is 0 Å². The zero-order valence-electron chi connectivity index (χ0n) is 13.9. The van der Waals surface area contributed by atoms with Crippen molar-refractivity contribution in [1.82, 2.24) is 14.9 Å². The zero-order chi connectivity index (χ0) is 18.7. The molecular formula is C17H14F2N4O2S. The quantitative estimate of drug-likeness (QED) is 0.544. The van der Waals surface area contributed by atoms with Gasteiger partial charge in [0.15, 0.2) is 29.0 Å². The number of hydrogen-bond acceptors (Lipinski definition) is 5. The lowest BCUT2D eigenvalue weighted by Gasteiger charge is -2.09. The first-order chi connectivity index (χ1) is 12.5. The van der Waals surface area contributed by atoms with E-state index in [2.05, 4.69) is 15.3 Å². The molecule has 0 spiro atoms. The van der Waals surface area contributed by atoms with Crippen molar-refractivity contribution in [3.05, 3.63) is 58.4 Å². The van der Waals surface area contributed by atoms with Crippen LogP contribution in [-0.4, -0.2) is 35.3 Å². The highest BCUT2D eigenvalue weighted by atomic mass is 32.1. The maximum atomic E-state index is 13.3. The summed E-state index contributed by atoms with van der Waals surface area (Å²) in [5, 5.41) is 11.0. The number of rotatable bonds is 5. The van der Waals surface area contributed by atoms with Gasteiger partial charge in [0.25, 0.3) is 0 Å². The van der Waals surface area contributed by atoms with Crippen molar-refractivity contribution in [3.8, 4) is 22.9 Å².